The summed E-state index contributed by atoms with van der Waals surface area (Å²) in [4.78, 5) is 10.4. The second-order valence-electron chi connectivity index (χ2n) is 3.06. The molecular formula is C9H16O2. The van der Waals surface area contributed by atoms with Crippen molar-refractivity contribution in [2.75, 3.05) is 0 Å². The highest BCUT2D eigenvalue weighted by Gasteiger charge is 2.05. The van der Waals surface area contributed by atoms with Gasteiger partial charge in [-0.25, -0.2) is 0 Å². The van der Waals surface area contributed by atoms with Crippen LogP contribution in [-0.2, 0) is 4.79 Å². The van der Waals surface area contributed by atoms with Crippen LogP contribution in [0.25, 0.3) is 0 Å². The molecule has 0 bridgehead atoms. The van der Waals surface area contributed by atoms with E-state index in [4.69, 9.17) is 0 Å². The van der Waals surface area contributed by atoms with Gasteiger partial charge in [-0.15, -0.1) is 0 Å². The largest absolute Gasteiger partial charge is 0.393 e. The first-order valence-electron chi connectivity index (χ1n) is 3.89. The molecular weight excluding hydrogens is 140 g/mol. The summed E-state index contributed by atoms with van der Waals surface area (Å²) in [6, 6.07) is 0. The fourth-order valence-electron chi connectivity index (χ4n) is 0.646. The standard InChI is InChI=1S/C9H16O2/c1-7(2)9(11)6-4-5-8(3)10/h4-5,7,9,11H,6H2,1-3H3/b5-4+/t9-/m0/s1. The van der Waals surface area contributed by atoms with E-state index in [0.29, 0.717) is 6.42 Å². The molecule has 1 atom stereocenters. The molecule has 0 rings (SSSR count). The van der Waals surface area contributed by atoms with E-state index in [2.05, 4.69) is 0 Å². The van der Waals surface area contributed by atoms with Crippen LogP contribution in [0.2, 0.25) is 0 Å². The average molecular weight is 156 g/mol. The molecule has 0 spiro atoms. The van der Waals surface area contributed by atoms with Crippen LogP contribution in [0.3, 0.4) is 0 Å². The molecule has 0 saturated carbocycles. The van der Waals surface area contributed by atoms with Gasteiger partial charge < -0.3 is 5.11 Å². The van der Waals surface area contributed by atoms with Gasteiger partial charge in [-0.2, -0.15) is 0 Å². The van der Waals surface area contributed by atoms with Crippen LogP contribution in [0.5, 0.6) is 0 Å². The molecule has 0 amide bonds. The Bertz CT molecular complexity index is 148. The van der Waals surface area contributed by atoms with Gasteiger partial charge in [0.25, 0.3) is 0 Å². The van der Waals surface area contributed by atoms with Crippen LogP contribution >= 0.6 is 0 Å². The van der Waals surface area contributed by atoms with E-state index < -0.39 is 0 Å². The fourth-order valence-corrected chi connectivity index (χ4v) is 0.646. The Hall–Kier alpha value is -0.630. The first-order chi connectivity index (χ1) is 5.04. The van der Waals surface area contributed by atoms with Crippen LogP contribution in [0.4, 0.5) is 0 Å². The zero-order valence-electron chi connectivity index (χ0n) is 7.37. The predicted octanol–water partition coefficient (Wildman–Crippen LogP) is 1.54. The monoisotopic (exact) mass is 156 g/mol. The van der Waals surface area contributed by atoms with Crippen molar-refractivity contribution >= 4 is 5.78 Å². The number of hydrogen-bond acceptors (Lipinski definition) is 2. The van der Waals surface area contributed by atoms with Crippen molar-refractivity contribution in [1.29, 1.82) is 0 Å². The molecule has 1 N–H and O–H groups in total. The third kappa shape index (κ3) is 5.80. The van der Waals surface area contributed by atoms with Gasteiger partial charge in [0.05, 0.1) is 6.10 Å². The SMILES string of the molecule is CC(=O)/C=C/C[C@H](O)C(C)C. The minimum Gasteiger partial charge on any atom is -0.393 e. The second kappa shape index (κ2) is 5.08. The Morgan fingerprint density at radius 3 is 2.45 bits per heavy atom. The van der Waals surface area contributed by atoms with Crippen LogP contribution in [-0.4, -0.2) is 17.0 Å². The molecule has 0 aliphatic heterocycles. The Balaban J connectivity index is 3.61. The molecule has 0 aromatic heterocycles. The van der Waals surface area contributed by atoms with Gasteiger partial charge >= 0.3 is 0 Å². The van der Waals surface area contributed by atoms with Crippen LogP contribution in [0.15, 0.2) is 12.2 Å². The van der Waals surface area contributed by atoms with Gasteiger partial charge in [0.15, 0.2) is 5.78 Å². The average Bonchev–Trinajstić information content (AvgIpc) is 1.86. The van der Waals surface area contributed by atoms with Crippen molar-refractivity contribution in [3.8, 4) is 0 Å². The topological polar surface area (TPSA) is 37.3 Å². The van der Waals surface area contributed by atoms with Crippen molar-refractivity contribution in [3.63, 3.8) is 0 Å². The zero-order valence-corrected chi connectivity index (χ0v) is 7.37. The Morgan fingerprint density at radius 1 is 1.55 bits per heavy atom. The van der Waals surface area contributed by atoms with E-state index in [1.54, 1.807) is 6.08 Å². The van der Waals surface area contributed by atoms with Gasteiger partial charge in [-0.3, -0.25) is 4.79 Å². The molecule has 0 aliphatic carbocycles. The van der Waals surface area contributed by atoms with Crippen LogP contribution in [0.1, 0.15) is 27.2 Å². The first kappa shape index (κ1) is 10.4. The van der Waals surface area contributed by atoms with E-state index in [1.807, 2.05) is 13.8 Å². The molecule has 0 heterocycles. The predicted molar refractivity (Wildman–Crippen MR) is 45.3 cm³/mol. The summed E-state index contributed by atoms with van der Waals surface area (Å²) >= 11 is 0. The number of rotatable bonds is 4. The lowest BCUT2D eigenvalue weighted by Gasteiger charge is -2.10. The van der Waals surface area contributed by atoms with Crippen LogP contribution in [0, 0.1) is 5.92 Å². The molecule has 11 heavy (non-hydrogen) atoms. The lowest BCUT2D eigenvalue weighted by Crippen LogP contribution is -2.12. The van der Waals surface area contributed by atoms with Gasteiger partial charge in [-0.1, -0.05) is 19.9 Å². The summed E-state index contributed by atoms with van der Waals surface area (Å²) in [7, 11) is 0. The molecule has 0 aliphatic rings. The lowest BCUT2D eigenvalue weighted by atomic mass is 10.0. The van der Waals surface area contributed by atoms with E-state index in [-0.39, 0.29) is 17.8 Å². The molecule has 64 valence electrons. The van der Waals surface area contributed by atoms with Crippen molar-refractivity contribution in [2.24, 2.45) is 5.92 Å². The summed E-state index contributed by atoms with van der Waals surface area (Å²) in [6.45, 7) is 5.40. The van der Waals surface area contributed by atoms with E-state index in [0.717, 1.165) is 0 Å². The van der Waals surface area contributed by atoms with Gasteiger partial charge in [0.1, 0.15) is 0 Å². The lowest BCUT2D eigenvalue weighted by molar-refractivity contribution is -0.112. The Kier molecular flexibility index (Phi) is 4.79. The van der Waals surface area contributed by atoms with E-state index in [9.17, 15) is 9.90 Å². The number of hydrogen-bond donors (Lipinski definition) is 1. The van der Waals surface area contributed by atoms with Crippen molar-refractivity contribution in [1.82, 2.24) is 0 Å². The maximum absolute atomic E-state index is 10.4. The van der Waals surface area contributed by atoms with Gasteiger partial charge in [0.2, 0.25) is 0 Å². The molecule has 0 aromatic rings. The van der Waals surface area contributed by atoms with E-state index in [1.165, 1.54) is 13.0 Å². The summed E-state index contributed by atoms with van der Waals surface area (Å²) < 4.78 is 0. The zero-order chi connectivity index (χ0) is 8.85. The first-order valence-corrected chi connectivity index (χ1v) is 3.89. The van der Waals surface area contributed by atoms with Crippen molar-refractivity contribution in [2.45, 2.75) is 33.3 Å². The molecule has 2 heteroatoms. The quantitative estimate of drug-likeness (QED) is 0.627. The van der Waals surface area contributed by atoms with E-state index >= 15 is 0 Å². The highest BCUT2D eigenvalue weighted by Crippen LogP contribution is 2.05. The molecule has 0 aromatic carbocycles. The van der Waals surface area contributed by atoms with Gasteiger partial charge in [-0.05, 0) is 25.3 Å². The summed E-state index contributed by atoms with van der Waals surface area (Å²) in [5, 5.41) is 9.28. The summed E-state index contributed by atoms with van der Waals surface area (Å²) in [6.07, 6.45) is 3.45. The Labute approximate surface area is 67.9 Å². The highest BCUT2D eigenvalue weighted by atomic mass is 16.3. The molecule has 0 fully saturated rings. The van der Waals surface area contributed by atoms with Crippen LogP contribution < -0.4 is 0 Å². The van der Waals surface area contributed by atoms with Crippen molar-refractivity contribution < 1.29 is 9.90 Å². The molecule has 0 saturated heterocycles. The number of carbonyl (C=O) groups excluding carboxylic acids is 1. The number of ketones is 1. The minimum atomic E-state index is -0.328. The second-order valence-corrected chi connectivity index (χ2v) is 3.06. The summed E-state index contributed by atoms with van der Waals surface area (Å²) in [5.74, 6) is 0.285. The summed E-state index contributed by atoms with van der Waals surface area (Å²) in [5.41, 5.74) is 0. The third-order valence-electron chi connectivity index (χ3n) is 1.50. The molecule has 0 radical (unpaired) electrons. The van der Waals surface area contributed by atoms with Gasteiger partial charge in [0, 0.05) is 0 Å². The number of aliphatic hydroxyl groups is 1. The number of aliphatic hydroxyl groups excluding tert-OH is 1. The Morgan fingerprint density at radius 2 is 2.09 bits per heavy atom. The molecule has 0 unspecified atom stereocenters. The minimum absolute atomic E-state index is 0.0287. The maximum atomic E-state index is 10.4. The highest BCUT2D eigenvalue weighted by molar-refractivity contribution is 5.87. The maximum Gasteiger partial charge on any atom is 0.152 e. The fraction of sp³-hybridized carbons (Fsp3) is 0.667. The normalized spacial score (nSPS) is 14.3. The number of allylic oxidation sites excluding steroid dienone is 1. The number of carbonyl (C=O) groups is 1. The molecule has 2 nitrogen and oxygen atoms in total. The smallest absolute Gasteiger partial charge is 0.152 e. The van der Waals surface area contributed by atoms with Crippen molar-refractivity contribution in [3.05, 3.63) is 12.2 Å². The third-order valence-corrected chi connectivity index (χ3v) is 1.50.